The van der Waals surface area contributed by atoms with Crippen molar-refractivity contribution in [3.8, 4) is 0 Å². The number of allylic oxidation sites excluding steroid dienone is 1. The van der Waals surface area contributed by atoms with Gasteiger partial charge >= 0.3 is 0 Å². The summed E-state index contributed by atoms with van der Waals surface area (Å²) in [6.07, 6.45) is 2.65. The standard InChI is InChI=1S/C27H44O7/c1-15(14-28)5-6-23(32)26(4,33)22-8-10-27(34)17-11-19(29)18-12-20(30)21(31)13-24(18,2)16(17)7-9-25(22,27)3/h11,15-16,18,20-23,28,30-34H,5-10,12-14H2,1-4H3/t15-,16+,18+,20-,21+,22-,23-,24+,25+,26-,27-/m1/s1. The highest BCUT2D eigenvalue weighted by molar-refractivity contribution is 5.95. The van der Waals surface area contributed by atoms with E-state index in [-0.39, 0.29) is 42.5 Å². The Labute approximate surface area is 202 Å². The molecule has 6 N–H and O–H groups in total. The molecule has 194 valence electrons. The number of aliphatic hydroxyl groups excluding tert-OH is 4. The Morgan fingerprint density at radius 3 is 2.44 bits per heavy atom. The summed E-state index contributed by atoms with van der Waals surface area (Å²) in [5.41, 5.74) is -3.21. The predicted octanol–water partition coefficient (Wildman–Crippen LogP) is 1.71. The fourth-order valence-electron chi connectivity index (χ4n) is 8.37. The second kappa shape index (κ2) is 8.63. The molecule has 0 aliphatic heterocycles. The minimum Gasteiger partial charge on any atom is -0.396 e. The minimum absolute atomic E-state index is 0.0326. The number of hydrogen-bond donors (Lipinski definition) is 6. The lowest BCUT2D eigenvalue weighted by molar-refractivity contribution is -0.176. The average molecular weight is 481 g/mol. The summed E-state index contributed by atoms with van der Waals surface area (Å²) >= 11 is 0. The van der Waals surface area contributed by atoms with E-state index in [4.69, 9.17) is 0 Å². The zero-order valence-electron chi connectivity index (χ0n) is 21.1. The van der Waals surface area contributed by atoms with Gasteiger partial charge in [-0.3, -0.25) is 4.79 Å². The van der Waals surface area contributed by atoms with Gasteiger partial charge in [0.05, 0.1) is 29.5 Å². The molecule has 0 aromatic carbocycles. The summed E-state index contributed by atoms with van der Waals surface area (Å²) in [4.78, 5) is 13.3. The van der Waals surface area contributed by atoms with Gasteiger partial charge in [-0.05, 0) is 93.1 Å². The van der Waals surface area contributed by atoms with E-state index in [9.17, 15) is 35.4 Å². The smallest absolute Gasteiger partial charge is 0.159 e. The summed E-state index contributed by atoms with van der Waals surface area (Å²) in [5, 5.41) is 64.7. The first-order chi connectivity index (χ1) is 15.7. The zero-order chi connectivity index (χ0) is 25.3. The molecule has 0 radical (unpaired) electrons. The maximum Gasteiger partial charge on any atom is 0.159 e. The molecule has 7 heteroatoms. The Kier molecular flexibility index (Phi) is 6.66. The van der Waals surface area contributed by atoms with Crippen LogP contribution in [0, 0.1) is 34.5 Å². The normalized spacial score (nSPS) is 47.6. The van der Waals surface area contributed by atoms with Crippen LogP contribution in [0.2, 0.25) is 0 Å². The van der Waals surface area contributed by atoms with Crippen LogP contribution in [-0.4, -0.2) is 72.5 Å². The van der Waals surface area contributed by atoms with Crippen molar-refractivity contribution < 1.29 is 35.4 Å². The number of hydrogen-bond acceptors (Lipinski definition) is 7. The SMILES string of the molecule is C[C@@H](CO)CC[C@@H](O)[C@](C)(O)[C@@H]1CC[C@@]2(O)C3=CC(=O)[C@@H]4C[C@@H](O)[C@@H](O)C[C@@]4(C)[C@H]3CC[C@@]12C. The molecule has 0 aromatic heterocycles. The van der Waals surface area contributed by atoms with Gasteiger partial charge in [-0.1, -0.05) is 20.8 Å². The first-order valence-corrected chi connectivity index (χ1v) is 13.1. The maximum atomic E-state index is 13.3. The van der Waals surface area contributed by atoms with Crippen molar-refractivity contribution in [3.05, 3.63) is 11.6 Å². The van der Waals surface area contributed by atoms with E-state index >= 15 is 0 Å². The van der Waals surface area contributed by atoms with E-state index in [0.717, 1.165) is 12.0 Å². The van der Waals surface area contributed by atoms with Crippen LogP contribution >= 0.6 is 0 Å². The fourth-order valence-corrected chi connectivity index (χ4v) is 8.37. The van der Waals surface area contributed by atoms with Crippen molar-refractivity contribution in [2.75, 3.05) is 6.61 Å². The molecular weight excluding hydrogens is 436 g/mol. The largest absolute Gasteiger partial charge is 0.396 e. The van der Waals surface area contributed by atoms with Crippen LogP contribution in [0.4, 0.5) is 0 Å². The van der Waals surface area contributed by atoms with Crippen molar-refractivity contribution in [2.45, 2.75) is 109 Å². The van der Waals surface area contributed by atoms with Crippen LogP contribution < -0.4 is 0 Å². The molecule has 3 fully saturated rings. The van der Waals surface area contributed by atoms with Crippen molar-refractivity contribution in [2.24, 2.45) is 34.5 Å². The summed E-state index contributed by atoms with van der Waals surface area (Å²) in [6.45, 7) is 7.59. The molecule has 0 heterocycles. The summed E-state index contributed by atoms with van der Waals surface area (Å²) in [5.74, 6) is -0.859. The molecule has 0 unspecified atom stereocenters. The number of rotatable bonds is 6. The number of carbonyl (C=O) groups excluding carboxylic acids is 1. The Morgan fingerprint density at radius 2 is 1.79 bits per heavy atom. The van der Waals surface area contributed by atoms with Gasteiger partial charge in [0.15, 0.2) is 5.78 Å². The van der Waals surface area contributed by atoms with Crippen molar-refractivity contribution in [1.29, 1.82) is 0 Å². The van der Waals surface area contributed by atoms with Crippen LogP contribution in [0.15, 0.2) is 11.6 Å². The lowest BCUT2D eigenvalue weighted by Gasteiger charge is -2.60. The third-order valence-corrected chi connectivity index (χ3v) is 10.7. The molecule has 0 spiro atoms. The van der Waals surface area contributed by atoms with Crippen LogP contribution in [0.1, 0.15) is 79.1 Å². The average Bonchev–Trinajstić information content (AvgIpc) is 3.06. The first-order valence-electron chi connectivity index (χ1n) is 13.1. The lowest BCUT2D eigenvalue weighted by atomic mass is 9.45. The maximum absolute atomic E-state index is 13.3. The van der Waals surface area contributed by atoms with Crippen molar-refractivity contribution in [1.82, 2.24) is 0 Å². The molecule has 4 aliphatic carbocycles. The van der Waals surface area contributed by atoms with E-state index in [1.807, 2.05) is 20.8 Å². The first kappa shape index (κ1) is 26.2. The number of aliphatic hydroxyl groups is 6. The number of fused-ring (bicyclic) bond motifs is 5. The molecule has 0 amide bonds. The van der Waals surface area contributed by atoms with E-state index in [0.29, 0.717) is 38.5 Å². The lowest BCUT2D eigenvalue weighted by Crippen LogP contribution is -2.62. The van der Waals surface area contributed by atoms with E-state index in [2.05, 4.69) is 0 Å². The van der Waals surface area contributed by atoms with Crippen molar-refractivity contribution >= 4 is 5.78 Å². The molecule has 0 aromatic rings. The van der Waals surface area contributed by atoms with Gasteiger partial charge in [0.25, 0.3) is 0 Å². The molecule has 0 bridgehead atoms. The topological polar surface area (TPSA) is 138 Å². The highest BCUT2D eigenvalue weighted by Gasteiger charge is 2.69. The summed E-state index contributed by atoms with van der Waals surface area (Å²) in [7, 11) is 0. The number of carbonyl (C=O) groups is 1. The quantitative estimate of drug-likeness (QED) is 0.340. The predicted molar refractivity (Wildman–Crippen MR) is 127 cm³/mol. The highest BCUT2D eigenvalue weighted by Crippen LogP contribution is 2.68. The molecule has 4 aliphatic rings. The van der Waals surface area contributed by atoms with E-state index in [1.54, 1.807) is 13.0 Å². The second-order valence-corrected chi connectivity index (χ2v) is 12.7. The minimum atomic E-state index is -1.42. The van der Waals surface area contributed by atoms with Crippen LogP contribution in [0.3, 0.4) is 0 Å². The molecule has 0 saturated heterocycles. The van der Waals surface area contributed by atoms with Gasteiger partial charge in [0.1, 0.15) is 0 Å². The summed E-state index contributed by atoms with van der Waals surface area (Å²) < 4.78 is 0. The third kappa shape index (κ3) is 3.65. The fraction of sp³-hybridized carbons (Fsp3) is 0.889. The molecule has 11 atom stereocenters. The Morgan fingerprint density at radius 1 is 1.12 bits per heavy atom. The van der Waals surface area contributed by atoms with Gasteiger partial charge < -0.3 is 30.6 Å². The monoisotopic (exact) mass is 480 g/mol. The van der Waals surface area contributed by atoms with E-state index < -0.39 is 40.3 Å². The molecule has 4 rings (SSSR count). The molecule has 3 saturated carbocycles. The van der Waals surface area contributed by atoms with Crippen molar-refractivity contribution in [3.63, 3.8) is 0 Å². The second-order valence-electron chi connectivity index (χ2n) is 12.7. The summed E-state index contributed by atoms with van der Waals surface area (Å²) in [6, 6.07) is 0. The van der Waals surface area contributed by atoms with Gasteiger partial charge in [0, 0.05) is 17.9 Å². The van der Waals surface area contributed by atoms with Gasteiger partial charge in [-0.15, -0.1) is 0 Å². The van der Waals surface area contributed by atoms with Crippen LogP contribution in [0.25, 0.3) is 0 Å². The molecule has 7 nitrogen and oxygen atoms in total. The Hall–Kier alpha value is -0.830. The third-order valence-electron chi connectivity index (χ3n) is 10.7. The highest BCUT2D eigenvalue weighted by atomic mass is 16.3. The number of ketones is 1. The van der Waals surface area contributed by atoms with Gasteiger partial charge in [-0.2, -0.15) is 0 Å². The zero-order valence-corrected chi connectivity index (χ0v) is 21.1. The molecule has 34 heavy (non-hydrogen) atoms. The van der Waals surface area contributed by atoms with Crippen LogP contribution in [-0.2, 0) is 4.79 Å². The van der Waals surface area contributed by atoms with Gasteiger partial charge in [-0.25, -0.2) is 0 Å². The Bertz CT molecular complexity index is 839. The van der Waals surface area contributed by atoms with Crippen LogP contribution in [0.5, 0.6) is 0 Å². The van der Waals surface area contributed by atoms with Gasteiger partial charge in [0.2, 0.25) is 0 Å². The molecular formula is C27H44O7. The Balaban J connectivity index is 1.65. The van der Waals surface area contributed by atoms with E-state index in [1.165, 1.54) is 0 Å².